The van der Waals surface area contributed by atoms with E-state index >= 15 is 0 Å². The van der Waals surface area contributed by atoms with Gasteiger partial charge in [-0.25, -0.2) is 0 Å². The van der Waals surface area contributed by atoms with Gasteiger partial charge in [0.15, 0.2) is 0 Å². The summed E-state index contributed by atoms with van der Waals surface area (Å²) in [7, 11) is 0. The van der Waals surface area contributed by atoms with Crippen molar-refractivity contribution in [1.29, 1.82) is 0 Å². The normalized spacial score (nSPS) is 15.9. The molecule has 2 aromatic carbocycles. The van der Waals surface area contributed by atoms with E-state index in [1.165, 1.54) is 0 Å². The van der Waals surface area contributed by atoms with Crippen molar-refractivity contribution in [3.8, 4) is 0 Å². The largest absolute Gasteiger partial charge is 0.325 e. The number of benzene rings is 2. The topological polar surface area (TPSA) is 53.5 Å². The van der Waals surface area contributed by atoms with Crippen molar-refractivity contribution < 1.29 is 4.79 Å². The van der Waals surface area contributed by atoms with Crippen molar-refractivity contribution in [3.05, 3.63) is 58.1 Å². The maximum atomic E-state index is 11.9. The summed E-state index contributed by atoms with van der Waals surface area (Å²) in [6.45, 7) is 1.99. The second-order valence-corrected chi connectivity index (χ2v) is 6.14. The fourth-order valence-corrected chi connectivity index (χ4v) is 2.68. The molecule has 0 saturated heterocycles. The molecule has 112 valence electrons. The van der Waals surface area contributed by atoms with Crippen LogP contribution in [0.4, 0.5) is 11.4 Å². The van der Waals surface area contributed by atoms with Crippen LogP contribution in [0.2, 0.25) is 0 Å². The lowest BCUT2D eigenvalue weighted by Crippen LogP contribution is -2.10. The van der Waals surface area contributed by atoms with Gasteiger partial charge in [-0.1, -0.05) is 34.1 Å². The van der Waals surface area contributed by atoms with E-state index in [1.54, 1.807) is 0 Å². The lowest BCUT2D eigenvalue weighted by Gasteiger charge is -2.11. The molecule has 0 atom stereocenters. The Morgan fingerprint density at radius 3 is 2.68 bits per heavy atom. The maximum Gasteiger partial charge on any atom is 0.224 e. The Morgan fingerprint density at radius 2 is 1.91 bits per heavy atom. The van der Waals surface area contributed by atoms with Crippen LogP contribution < -0.4 is 10.7 Å². The van der Waals surface area contributed by atoms with Gasteiger partial charge < -0.3 is 5.32 Å². The number of carbonyl (C=O) groups excluding carboxylic acids is 1. The molecule has 5 heteroatoms. The molecule has 0 fully saturated rings. The predicted octanol–water partition coefficient (Wildman–Crippen LogP) is 4.31. The summed E-state index contributed by atoms with van der Waals surface area (Å²) < 4.78 is 1.02. The van der Waals surface area contributed by atoms with Crippen LogP contribution in [0.15, 0.2) is 52.0 Å². The third kappa shape index (κ3) is 3.20. The Labute approximate surface area is 137 Å². The van der Waals surface area contributed by atoms with Gasteiger partial charge in [0.1, 0.15) is 0 Å². The monoisotopic (exact) mass is 357 g/mol. The molecule has 2 N–H and O–H groups in total. The standard InChI is InChI=1S/C17H16BrN3O/c1-11-3-2-4-14-15(9-10-16(22)19-17(11)14)21-20-13-7-5-12(18)6-8-13/h2-8,20H,9-10H2,1H3,(H,19,22)/b21-15+. The zero-order valence-corrected chi connectivity index (χ0v) is 13.8. The van der Waals surface area contributed by atoms with Gasteiger partial charge in [0.05, 0.1) is 17.1 Å². The van der Waals surface area contributed by atoms with Crippen molar-refractivity contribution in [2.24, 2.45) is 5.10 Å². The second kappa shape index (κ2) is 6.32. The minimum absolute atomic E-state index is 0.0318. The van der Waals surface area contributed by atoms with Gasteiger partial charge in [-0.2, -0.15) is 5.10 Å². The number of halogens is 1. The van der Waals surface area contributed by atoms with Gasteiger partial charge in [0, 0.05) is 22.9 Å². The third-order valence-electron chi connectivity index (χ3n) is 3.60. The van der Waals surface area contributed by atoms with E-state index in [2.05, 4.69) is 31.8 Å². The van der Waals surface area contributed by atoms with E-state index in [1.807, 2.05) is 49.4 Å². The highest BCUT2D eigenvalue weighted by Crippen LogP contribution is 2.26. The summed E-state index contributed by atoms with van der Waals surface area (Å²) in [5, 5.41) is 7.49. The number of rotatable bonds is 2. The number of para-hydroxylation sites is 1. The number of hydrogen-bond acceptors (Lipinski definition) is 3. The molecule has 1 aliphatic heterocycles. The minimum atomic E-state index is 0.0318. The van der Waals surface area contributed by atoms with E-state index in [9.17, 15) is 4.79 Å². The van der Waals surface area contributed by atoms with Crippen LogP contribution in [0.5, 0.6) is 0 Å². The van der Waals surface area contributed by atoms with Gasteiger partial charge in [-0.15, -0.1) is 0 Å². The molecule has 22 heavy (non-hydrogen) atoms. The van der Waals surface area contributed by atoms with E-state index in [-0.39, 0.29) is 5.91 Å². The number of hydrogen-bond donors (Lipinski definition) is 2. The average molecular weight is 358 g/mol. The smallest absolute Gasteiger partial charge is 0.224 e. The van der Waals surface area contributed by atoms with Gasteiger partial charge in [0.2, 0.25) is 5.91 Å². The van der Waals surface area contributed by atoms with Gasteiger partial charge in [0.25, 0.3) is 0 Å². The third-order valence-corrected chi connectivity index (χ3v) is 4.13. The van der Waals surface area contributed by atoms with Crippen LogP contribution >= 0.6 is 15.9 Å². The Bertz CT molecular complexity index is 738. The molecule has 2 aromatic rings. The molecule has 0 aliphatic carbocycles. The number of anilines is 2. The lowest BCUT2D eigenvalue weighted by molar-refractivity contribution is -0.116. The Balaban J connectivity index is 1.93. The second-order valence-electron chi connectivity index (χ2n) is 5.22. The summed E-state index contributed by atoms with van der Waals surface area (Å²) in [5.41, 5.74) is 7.76. The zero-order chi connectivity index (χ0) is 15.5. The molecule has 4 nitrogen and oxygen atoms in total. The number of nitrogens with one attached hydrogen (secondary N) is 2. The molecule has 0 bridgehead atoms. The lowest BCUT2D eigenvalue weighted by atomic mass is 10.0. The van der Waals surface area contributed by atoms with Crippen molar-refractivity contribution in [2.45, 2.75) is 19.8 Å². The fourth-order valence-electron chi connectivity index (χ4n) is 2.42. The maximum absolute atomic E-state index is 11.9. The average Bonchev–Trinajstić information content (AvgIpc) is 2.67. The minimum Gasteiger partial charge on any atom is -0.325 e. The molecule has 0 unspecified atom stereocenters. The first-order valence-corrected chi connectivity index (χ1v) is 7.91. The number of amides is 1. The summed E-state index contributed by atoms with van der Waals surface area (Å²) in [4.78, 5) is 11.9. The molecule has 1 aliphatic rings. The summed E-state index contributed by atoms with van der Waals surface area (Å²) in [5.74, 6) is 0.0318. The molecule has 1 amide bonds. The Hall–Kier alpha value is -2.14. The molecule has 0 spiro atoms. The van der Waals surface area contributed by atoms with Gasteiger partial charge in [-0.3, -0.25) is 10.2 Å². The number of nitrogens with zero attached hydrogens (tertiary/aromatic N) is 1. The summed E-state index contributed by atoms with van der Waals surface area (Å²) >= 11 is 3.41. The quantitative estimate of drug-likeness (QED) is 0.787. The highest BCUT2D eigenvalue weighted by molar-refractivity contribution is 9.10. The van der Waals surface area contributed by atoms with Crippen molar-refractivity contribution >= 4 is 38.9 Å². The van der Waals surface area contributed by atoms with E-state index in [0.717, 1.165) is 32.7 Å². The SMILES string of the molecule is Cc1cccc2c1NC(=O)CC/C2=N\Nc1ccc(Br)cc1. The fraction of sp³-hybridized carbons (Fsp3) is 0.176. The number of fused-ring (bicyclic) bond motifs is 1. The van der Waals surface area contributed by atoms with Crippen LogP contribution in [0.1, 0.15) is 24.0 Å². The summed E-state index contributed by atoms with van der Waals surface area (Å²) in [6, 6.07) is 13.8. The number of carbonyl (C=O) groups is 1. The highest BCUT2D eigenvalue weighted by Gasteiger charge is 2.19. The van der Waals surface area contributed by atoms with Crippen LogP contribution in [0.25, 0.3) is 0 Å². The molecule has 0 aromatic heterocycles. The van der Waals surface area contributed by atoms with Gasteiger partial charge >= 0.3 is 0 Å². The number of hydrazone groups is 1. The van der Waals surface area contributed by atoms with Crippen LogP contribution in [-0.4, -0.2) is 11.6 Å². The molecule has 1 heterocycles. The van der Waals surface area contributed by atoms with Crippen LogP contribution in [-0.2, 0) is 4.79 Å². The van der Waals surface area contributed by atoms with E-state index in [0.29, 0.717) is 12.8 Å². The van der Waals surface area contributed by atoms with Crippen LogP contribution in [0, 0.1) is 6.92 Å². The van der Waals surface area contributed by atoms with Crippen LogP contribution in [0.3, 0.4) is 0 Å². The first kappa shape index (κ1) is 14.8. The molecule has 0 saturated carbocycles. The Kier molecular flexibility index (Phi) is 4.24. The van der Waals surface area contributed by atoms with Crippen molar-refractivity contribution in [1.82, 2.24) is 0 Å². The zero-order valence-electron chi connectivity index (χ0n) is 12.2. The molecular formula is C17H16BrN3O. The molecular weight excluding hydrogens is 342 g/mol. The van der Waals surface area contributed by atoms with Crippen molar-refractivity contribution in [2.75, 3.05) is 10.7 Å². The molecule has 3 rings (SSSR count). The Morgan fingerprint density at radius 1 is 1.14 bits per heavy atom. The van der Waals surface area contributed by atoms with E-state index in [4.69, 9.17) is 0 Å². The predicted molar refractivity (Wildman–Crippen MR) is 93.3 cm³/mol. The van der Waals surface area contributed by atoms with E-state index < -0.39 is 0 Å². The first-order valence-electron chi connectivity index (χ1n) is 7.11. The van der Waals surface area contributed by atoms with Crippen molar-refractivity contribution in [3.63, 3.8) is 0 Å². The highest BCUT2D eigenvalue weighted by atomic mass is 79.9. The number of aryl methyl sites for hydroxylation is 1. The summed E-state index contributed by atoms with van der Waals surface area (Å²) in [6.07, 6.45) is 1.06. The molecule has 0 radical (unpaired) electrons. The van der Waals surface area contributed by atoms with Gasteiger partial charge in [-0.05, 0) is 36.8 Å². The first-order chi connectivity index (χ1) is 10.6.